The highest BCUT2D eigenvalue weighted by atomic mass is 16.6. The van der Waals surface area contributed by atoms with E-state index in [1.54, 1.807) is 53.7 Å². The average molecular weight is 594 g/mol. The number of carbonyl (C=O) groups is 3. The highest BCUT2D eigenvalue weighted by molar-refractivity contribution is 6.05. The lowest BCUT2D eigenvalue weighted by molar-refractivity contribution is 0.0586. The van der Waals surface area contributed by atoms with Crippen LogP contribution in [0.1, 0.15) is 52.1 Å². The van der Waals surface area contributed by atoms with Crippen molar-refractivity contribution in [2.75, 3.05) is 22.6 Å². The van der Waals surface area contributed by atoms with Gasteiger partial charge >= 0.3 is 18.2 Å². The predicted octanol–water partition coefficient (Wildman–Crippen LogP) is 4.93. The molecule has 0 aliphatic carbocycles. The molecule has 0 saturated heterocycles. The van der Waals surface area contributed by atoms with Gasteiger partial charge in [0.2, 0.25) is 0 Å². The number of hydrogen-bond donors (Lipinski definition) is 3. The summed E-state index contributed by atoms with van der Waals surface area (Å²) >= 11 is 0. The zero-order chi connectivity index (χ0) is 31.7. The third-order valence-corrected chi connectivity index (χ3v) is 5.49. The van der Waals surface area contributed by atoms with Gasteiger partial charge in [0.25, 0.3) is 11.3 Å². The quantitative estimate of drug-likeness (QED) is 0.274. The molecule has 226 valence electrons. The Balaban J connectivity index is 1.67. The Bertz CT molecular complexity index is 1750. The van der Waals surface area contributed by atoms with Crippen molar-refractivity contribution in [3.8, 4) is 5.82 Å². The van der Waals surface area contributed by atoms with E-state index in [1.807, 2.05) is 0 Å². The van der Waals surface area contributed by atoms with Crippen LogP contribution in [0.2, 0.25) is 0 Å². The van der Waals surface area contributed by atoms with Crippen LogP contribution in [-0.4, -0.2) is 61.2 Å². The lowest BCUT2D eigenvalue weighted by Crippen LogP contribution is -2.34. The Hall–Kier alpha value is -5.47. The van der Waals surface area contributed by atoms with Crippen LogP contribution < -0.4 is 21.1 Å². The molecule has 15 heteroatoms. The first-order chi connectivity index (χ1) is 20.0. The fourth-order valence-electron chi connectivity index (χ4n) is 3.73. The van der Waals surface area contributed by atoms with Crippen LogP contribution in [0.4, 0.5) is 32.5 Å². The van der Waals surface area contributed by atoms with E-state index in [2.05, 4.69) is 25.8 Å². The molecule has 0 aliphatic heterocycles. The van der Waals surface area contributed by atoms with Crippen LogP contribution in [0.15, 0.2) is 52.0 Å². The second-order valence-electron chi connectivity index (χ2n) is 11.3. The number of aromatic nitrogens is 4. The van der Waals surface area contributed by atoms with Crippen LogP contribution in [0.3, 0.4) is 0 Å². The monoisotopic (exact) mass is 593 g/mol. The van der Waals surface area contributed by atoms with E-state index in [-0.39, 0.29) is 34.0 Å². The van der Waals surface area contributed by atoms with Gasteiger partial charge in [-0.2, -0.15) is 0 Å². The van der Waals surface area contributed by atoms with Crippen molar-refractivity contribution in [3.63, 3.8) is 0 Å². The van der Waals surface area contributed by atoms with Gasteiger partial charge in [-0.3, -0.25) is 19.6 Å². The molecule has 43 heavy (non-hydrogen) atoms. The molecule has 0 unspecified atom stereocenters. The first-order valence-electron chi connectivity index (χ1n) is 13.0. The molecular weight excluding hydrogens is 562 g/mol. The first-order valence-corrected chi connectivity index (χ1v) is 13.0. The van der Waals surface area contributed by atoms with Crippen molar-refractivity contribution < 1.29 is 33.5 Å². The lowest BCUT2D eigenvalue weighted by atomic mass is 10.2. The summed E-state index contributed by atoms with van der Waals surface area (Å²) in [6, 6.07) is 7.59. The maximum atomic E-state index is 13.4. The number of rotatable bonds is 6. The van der Waals surface area contributed by atoms with Crippen molar-refractivity contribution in [2.24, 2.45) is 0 Å². The molecule has 4 rings (SSSR count). The molecule has 4 aromatic rings. The number of carboxylic acid groups (broad SMARTS) is 1. The fraction of sp³-hybridized carbons (Fsp3) is 0.321. The maximum Gasteiger partial charge on any atom is 0.414 e. The number of anilines is 4. The van der Waals surface area contributed by atoms with Gasteiger partial charge in [-0.1, -0.05) is 5.16 Å². The Morgan fingerprint density at radius 3 is 2.33 bits per heavy atom. The van der Waals surface area contributed by atoms with Gasteiger partial charge < -0.3 is 24.4 Å². The fourth-order valence-corrected chi connectivity index (χ4v) is 3.73. The minimum absolute atomic E-state index is 0.00561. The summed E-state index contributed by atoms with van der Waals surface area (Å²) in [6.07, 6.45) is 1.49. The second-order valence-corrected chi connectivity index (χ2v) is 11.3. The van der Waals surface area contributed by atoms with Crippen LogP contribution in [0, 0.1) is 0 Å². The van der Waals surface area contributed by atoms with Crippen LogP contribution in [0.25, 0.3) is 16.9 Å². The van der Waals surface area contributed by atoms with Gasteiger partial charge in [0.15, 0.2) is 5.52 Å². The molecule has 0 atom stereocenters. The van der Waals surface area contributed by atoms with Crippen LogP contribution in [-0.2, 0) is 9.47 Å². The highest BCUT2D eigenvalue weighted by Crippen LogP contribution is 2.31. The first kappa shape index (κ1) is 30.5. The summed E-state index contributed by atoms with van der Waals surface area (Å²) in [5.41, 5.74) is -1.58. The SMILES string of the molecule is CN(C(=O)OC(C)(C)C)c1cc(Nc2cccn(-c3ccc(NC(=O)OC(C)(C)C)cn3)c2=O)nc2c(C(=O)O)onc12. The number of aromatic carboxylic acids is 1. The van der Waals surface area contributed by atoms with Gasteiger partial charge in [0.05, 0.1) is 17.6 Å². The smallest absolute Gasteiger partial charge is 0.414 e. The van der Waals surface area contributed by atoms with E-state index in [4.69, 9.17) is 14.0 Å². The Morgan fingerprint density at radius 2 is 1.72 bits per heavy atom. The number of ether oxygens (including phenoxy) is 2. The van der Waals surface area contributed by atoms with Gasteiger partial charge in [-0.25, -0.2) is 24.4 Å². The molecule has 0 fully saturated rings. The molecule has 3 N–H and O–H groups in total. The number of pyridine rings is 3. The largest absolute Gasteiger partial charge is 0.475 e. The summed E-state index contributed by atoms with van der Waals surface area (Å²) in [7, 11) is 1.42. The van der Waals surface area contributed by atoms with Gasteiger partial charge in [-0.05, 0) is 65.8 Å². The van der Waals surface area contributed by atoms with E-state index < -0.39 is 40.7 Å². The average Bonchev–Trinajstić information content (AvgIpc) is 3.32. The number of amides is 2. The molecule has 0 aromatic carbocycles. The Labute approximate surface area is 245 Å². The van der Waals surface area contributed by atoms with Crippen LogP contribution >= 0.6 is 0 Å². The van der Waals surface area contributed by atoms with E-state index >= 15 is 0 Å². The molecule has 0 radical (unpaired) electrons. The molecule has 15 nitrogen and oxygen atoms in total. The van der Waals surface area contributed by atoms with Crippen LogP contribution in [0.5, 0.6) is 0 Å². The molecule has 4 heterocycles. The lowest BCUT2D eigenvalue weighted by Gasteiger charge is -2.25. The van der Waals surface area contributed by atoms with Crippen molar-refractivity contribution in [1.82, 2.24) is 19.7 Å². The van der Waals surface area contributed by atoms with Crippen molar-refractivity contribution in [2.45, 2.75) is 52.7 Å². The normalized spacial score (nSPS) is 11.6. The van der Waals surface area contributed by atoms with Crippen molar-refractivity contribution in [1.29, 1.82) is 0 Å². The standard InChI is InChI=1S/C28H31N7O8/c1-27(2,3)41-25(39)30-15-10-11-19(29-14-15)35-12-8-9-16(23(35)36)31-18-13-17(34(7)26(40)42-28(4,5)6)20-21(32-18)22(24(37)38)43-33-20/h8-14H,1-7H3,(H,30,39)(H,31,32)(H,37,38). The summed E-state index contributed by atoms with van der Waals surface area (Å²) < 4.78 is 16.9. The number of carboxylic acids is 1. The number of nitrogens with one attached hydrogen (secondary N) is 2. The zero-order valence-electron chi connectivity index (χ0n) is 24.6. The number of fused-ring (bicyclic) bond motifs is 1. The summed E-state index contributed by atoms with van der Waals surface area (Å²) in [5, 5.41) is 18.8. The second kappa shape index (κ2) is 11.4. The molecular formula is C28H31N7O8. The number of nitrogens with zero attached hydrogens (tertiary/aromatic N) is 5. The topological polar surface area (TPSA) is 191 Å². The van der Waals surface area contributed by atoms with E-state index in [0.29, 0.717) is 5.69 Å². The van der Waals surface area contributed by atoms with E-state index in [0.717, 1.165) is 4.90 Å². The third kappa shape index (κ3) is 7.25. The molecule has 0 saturated carbocycles. The number of carbonyl (C=O) groups excluding carboxylic acids is 2. The molecule has 2 amide bonds. The molecule has 0 aliphatic rings. The zero-order valence-corrected chi connectivity index (χ0v) is 24.6. The van der Waals surface area contributed by atoms with Gasteiger partial charge in [-0.15, -0.1) is 0 Å². The summed E-state index contributed by atoms with van der Waals surface area (Å²) in [5.74, 6) is -1.68. The highest BCUT2D eigenvalue weighted by Gasteiger charge is 2.27. The minimum Gasteiger partial charge on any atom is -0.475 e. The molecule has 0 bridgehead atoms. The van der Waals surface area contributed by atoms with Gasteiger partial charge in [0, 0.05) is 19.3 Å². The minimum atomic E-state index is -1.42. The Morgan fingerprint density at radius 1 is 1.02 bits per heavy atom. The summed E-state index contributed by atoms with van der Waals surface area (Å²) in [4.78, 5) is 59.7. The molecule has 0 spiro atoms. The van der Waals surface area contributed by atoms with Gasteiger partial charge in [0.1, 0.15) is 34.0 Å². The Kier molecular flexibility index (Phi) is 8.10. The predicted molar refractivity (Wildman–Crippen MR) is 156 cm³/mol. The number of hydrogen-bond acceptors (Lipinski definition) is 11. The molecule has 4 aromatic heterocycles. The third-order valence-electron chi connectivity index (χ3n) is 5.49. The van der Waals surface area contributed by atoms with E-state index in [1.165, 1.54) is 42.2 Å². The van der Waals surface area contributed by atoms with Crippen molar-refractivity contribution >= 4 is 52.1 Å². The summed E-state index contributed by atoms with van der Waals surface area (Å²) in [6.45, 7) is 10.3. The maximum absolute atomic E-state index is 13.4. The van der Waals surface area contributed by atoms with E-state index in [9.17, 15) is 24.3 Å². The van der Waals surface area contributed by atoms with Crippen molar-refractivity contribution in [3.05, 3.63) is 58.8 Å².